The summed E-state index contributed by atoms with van der Waals surface area (Å²) in [4.78, 5) is 29.4. The fourth-order valence-corrected chi connectivity index (χ4v) is 5.39. The van der Waals surface area contributed by atoms with Crippen LogP contribution in [0.25, 0.3) is 22.0 Å². The number of nitrogens with one attached hydrogen (secondary N) is 2. The van der Waals surface area contributed by atoms with Crippen LogP contribution in [0.2, 0.25) is 0 Å². The number of rotatable bonds is 7. The molecule has 6 rings (SSSR count). The monoisotopic (exact) mass is 510 g/mol. The Morgan fingerprint density at radius 3 is 2.34 bits per heavy atom. The maximum Gasteiger partial charge on any atom is 0.276 e. The van der Waals surface area contributed by atoms with Crippen LogP contribution in [0.5, 0.6) is 0 Å². The Hall–Kier alpha value is -3.66. The van der Waals surface area contributed by atoms with Gasteiger partial charge >= 0.3 is 0 Å². The van der Waals surface area contributed by atoms with Crippen LogP contribution >= 0.6 is 0 Å². The summed E-state index contributed by atoms with van der Waals surface area (Å²) in [6.07, 6.45) is 9.92. The lowest BCUT2D eigenvalue weighted by Crippen LogP contribution is -2.43. The van der Waals surface area contributed by atoms with E-state index in [-0.39, 0.29) is 5.91 Å². The molecular formula is C29H34N8O. The molecule has 5 heterocycles. The Balaban J connectivity index is 1.18. The molecule has 3 aromatic heterocycles. The van der Waals surface area contributed by atoms with E-state index >= 15 is 0 Å². The number of carbonyl (C=O) groups is 1. The molecule has 9 nitrogen and oxygen atoms in total. The Morgan fingerprint density at radius 1 is 0.842 bits per heavy atom. The number of anilines is 1. The zero-order chi connectivity index (χ0) is 25.9. The first-order chi connectivity index (χ1) is 18.6. The lowest BCUT2D eigenvalue weighted by molar-refractivity contribution is 0.102. The van der Waals surface area contributed by atoms with Gasteiger partial charge in [0.05, 0.1) is 17.4 Å². The number of nitrogens with zero attached hydrogens (tertiary/aromatic N) is 6. The predicted molar refractivity (Wildman–Crippen MR) is 149 cm³/mol. The number of hydrogen-bond acceptors (Lipinski definition) is 7. The smallest absolute Gasteiger partial charge is 0.276 e. The topological polar surface area (TPSA) is 93.3 Å². The van der Waals surface area contributed by atoms with Crippen LogP contribution in [0.3, 0.4) is 0 Å². The van der Waals surface area contributed by atoms with E-state index in [1.54, 1.807) is 6.20 Å². The van der Waals surface area contributed by atoms with Crippen molar-refractivity contribution >= 4 is 22.5 Å². The summed E-state index contributed by atoms with van der Waals surface area (Å²) in [5.74, 6) is -0.257. The molecule has 0 radical (unpaired) electrons. The summed E-state index contributed by atoms with van der Waals surface area (Å²) in [5.41, 5.74) is 6.21. The lowest BCUT2D eigenvalue weighted by atomic mass is 10.0. The van der Waals surface area contributed by atoms with Crippen LogP contribution in [0.4, 0.5) is 5.69 Å². The van der Waals surface area contributed by atoms with Crippen molar-refractivity contribution in [3.05, 3.63) is 71.9 Å². The number of likely N-dealkylation sites (N-methyl/N-ethyl adjacent to an activating group) is 1. The summed E-state index contributed by atoms with van der Waals surface area (Å²) in [5, 5.41) is 11.1. The van der Waals surface area contributed by atoms with Gasteiger partial charge in [-0.05, 0) is 73.9 Å². The van der Waals surface area contributed by atoms with Crippen LogP contribution in [0.1, 0.15) is 34.5 Å². The predicted octanol–water partition coefficient (Wildman–Crippen LogP) is 3.62. The number of hydrogen-bond donors (Lipinski definition) is 2. The highest BCUT2D eigenvalue weighted by molar-refractivity contribution is 6.11. The molecule has 2 saturated heterocycles. The molecule has 2 fully saturated rings. The van der Waals surface area contributed by atoms with Gasteiger partial charge in [0.15, 0.2) is 5.69 Å². The molecule has 4 aromatic rings. The number of fused-ring (bicyclic) bond motifs is 1. The highest BCUT2D eigenvalue weighted by Gasteiger charge is 2.18. The van der Waals surface area contributed by atoms with E-state index in [2.05, 4.69) is 53.3 Å². The normalized spacial score (nSPS) is 17.3. The van der Waals surface area contributed by atoms with Crippen LogP contribution < -0.4 is 5.32 Å². The van der Waals surface area contributed by atoms with E-state index in [9.17, 15) is 4.79 Å². The number of aromatic nitrogens is 4. The first kappa shape index (κ1) is 24.7. The van der Waals surface area contributed by atoms with Crippen molar-refractivity contribution in [3.8, 4) is 11.1 Å². The van der Waals surface area contributed by atoms with Crippen molar-refractivity contribution in [2.24, 2.45) is 0 Å². The lowest BCUT2D eigenvalue weighted by Gasteiger charge is -2.32. The molecule has 2 aliphatic heterocycles. The van der Waals surface area contributed by atoms with Gasteiger partial charge in [0.1, 0.15) is 0 Å². The van der Waals surface area contributed by atoms with Gasteiger partial charge in [-0.2, -0.15) is 5.10 Å². The number of benzene rings is 1. The Kier molecular flexibility index (Phi) is 7.13. The van der Waals surface area contributed by atoms with Gasteiger partial charge in [0.2, 0.25) is 0 Å². The molecular weight excluding hydrogens is 476 g/mol. The van der Waals surface area contributed by atoms with Crippen molar-refractivity contribution in [1.82, 2.24) is 34.9 Å². The van der Waals surface area contributed by atoms with Gasteiger partial charge in [0.25, 0.3) is 5.91 Å². The first-order valence-electron chi connectivity index (χ1n) is 13.4. The quantitative estimate of drug-likeness (QED) is 0.392. The number of H-pyrrole nitrogens is 1. The van der Waals surface area contributed by atoms with Gasteiger partial charge in [-0.3, -0.25) is 29.7 Å². The number of pyridine rings is 2. The van der Waals surface area contributed by atoms with E-state index in [4.69, 9.17) is 0 Å². The molecule has 38 heavy (non-hydrogen) atoms. The highest BCUT2D eigenvalue weighted by Crippen LogP contribution is 2.27. The zero-order valence-electron chi connectivity index (χ0n) is 21.9. The fourth-order valence-electron chi connectivity index (χ4n) is 5.39. The van der Waals surface area contributed by atoms with Crippen molar-refractivity contribution in [2.75, 3.05) is 51.6 Å². The van der Waals surface area contributed by atoms with Gasteiger partial charge in [-0.15, -0.1) is 0 Å². The van der Waals surface area contributed by atoms with Gasteiger partial charge < -0.3 is 10.2 Å². The summed E-state index contributed by atoms with van der Waals surface area (Å²) in [6, 6.07) is 10.2. The Labute approximate surface area is 222 Å². The zero-order valence-corrected chi connectivity index (χ0v) is 21.9. The number of piperazine rings is 1. The second-order valence-electron chi connectivity index (χ2n) is 10.5. The number of likely N-dealkylation sites (tertiary alicyclic amines) is 1. The third kappa shape index (κ3) is 5.60. The van der Waals surface area contributed by atoms with E-state index in [1.165, 1.54) is 18.4 Å². The summed E-state index contributed by atoms with van der Waals surface area (Å²) >= 11 is 0. The average Bonchev–Trinajstić information content (AvgIpc) is 3.60. The third-order valence-electron chi connectivity index (χ3n) is 7.57. The summed E-state index contributed by atoms with van der Waals surface area (Å²) < 4.78 is 0. The Morgan fingerprint density at radius 2 is 1.55 bits per heavy atom. The molecule has 0 aliphatic carbocycles. The second-order valence-corrected chi connectivity index (χ2v) is 10.5. The third-order valence-corrected chi connectivity index (χ3v) is 7.57. The maximum atomic E-state index is 13.3. The summed E-state index contributed by atoms with van der Waals surface area (Å²) in [7, 11) is 2.15. The van der Waals surface area contributed by atoms with Crippen molar-refractivity contribution in [2.45, 2.75) is 25.9 Å². The Bertz CT molecular complexity index is 1420. The van der Waals surface area contributed by atoms with E-state index in [0.717, 1.165) is 80.0 Å². The minimum absolute atomic E-state index is 0.257. The molecule has 0 bridgehead atoms. The van der Waals surface area contributed by atoms with Crippen molar-refractivity contribution < 1.29 is 4.79 Å². The molecule has 0 saturated carbocycles. The molecule has 2 N–H and O–H groups in total. The van der Waals surface area contributed by atoms with Crippen LogP contribution in [-0.2, 0) is 13.1 Å². The maximum absolute atomic E-state index is 13.3. The van der Waals surface area contributed by atoms with Gasteiger partial charge in [-0.25, -0.2) is 0 Å². The van der Waals surface area contributed by atoms with Crippen LogP contribution in [-0.4, -0.2) is 87.1 Å². The molecule has 0 atom stereocenters. The summed E-state index contributed by atoms with van der Waals surface area (Å²) in [6.45, 7) is 8.24. The van der Waals surface area contributed by atoms with Crippen molar-refractivity contribution in [1.29, 1.82) is 0 Å². The van der Waals surface area contributed by atoms with E-state index in [1.807, 2.05) is 42.9 Å². The van der Waals surface area contributed by atoms with Gasteiger partial charge in [-0.1, -0.05) is 6.07 Å². The average molecular weight is 511 g/mol. The molecule has 1 amide bonds. The number of carbonyl (C=O) groups excluding carboxylic acids is 1. The molecule has 0 unspecified atom stereocenters. The van der Waals surface area contributed by atoms with E-state index < -0.39 is 0 Å². The minimum atomic E-state index is -0.257. The van der Waals surface area contributed by atoms with Crippen LogP contribution in [0, 0.1) is 0 Å². The largest absolute Gasteiger partial charge is 0.319 e. The molecule has 0 spiro atoms. The minimum Gasteiger partial charge on any atom is -0.319 e. The van der Waals surface area contributed by atoms with Gasteiger partial charge in [0, 0.05) is 68.8 Å². The molecule has 9 heteroatoms. The fraction of sp³-hybridized carbons (Fsp3) is 0.379. The SMILES string of the molecule is CN1CCN(Cc2cncc(NC(=O)c3n[nH]c4ccc(-c5cncc(CN6CCCC6)c5)cc34)c2)CC1. The number of aromatic amines is 1. The second kappa shape index (κ2) is 11.0. The van der Waals surface area contributed by atoms with Crippen LogP contribution in [0.15, 0.2) is 55.1 Å². The van der Waals surface area contributed by atoms with E-state index in [0.29, 0.717) is 11.4 Å². The molecule has 1 aromatic carbocycles. The number of amides is 1. The molecule has 2 aliphatic rings. The first-order valence-corrected chi connectivity index (χ1v) is 13.4. The standard InChI is InChI=1S/C29H34N8O/c1-35-8-10-37(11-9-35)20-22-13-25(18-31-16-22)32-29(38)28-26-14-23(4-5-27(26)33-34-28)24-12-21(15-30-17-24)19-36-6-2-3-7-36/h4-5,12-18H,2-3,6-11,19-20H2,1H3,(H,32,38)(H,33,34). The molecule has 196 valence electrons. The van der Waals surface area contributed by atoms with Crippen molar-refractivity contribution in [3.63, 3.8) is 0 Å². The highest BCUT2D eigenvalue weighted by atomic mass is 16.1.